The Morgan fingerprint density at radius 1 is 0.929 bits per heavy atom. The standard InChI is InChI=1S/C9H21NO3S/c1-4-7-10(8-5-2,9-6-3)14(11,12)13/h4-9H2,1-3H3/p+1. The van der Waals surface area contributed by atoms with Crippen LogP contribution in [0.5, 0.6) is 0 Å². The highest BCUT2D eigenvalue weighted by Gasteiger charge is 2.38. The molecule has 0 aromatic rings. The Kier molecular flexibility index (Phi) is 5.63. The van der Waals surface area contributed by atoms with Gasteiger partial charge in [-0.15, -0.1) is 8.42 Å². The van der Waals surface area contributed by atoms with Crippen molar-refractivity contribution in [2.45, 2.75) is 40.0 Å². The average molecular weight is 224 g/mol. The van der Waals surface area contributed by atoms with Gasteiger partial charge in [0.15, 0.2) is 0 Å². The normalized spacial score (nSPS) is 13.1. The molecule has 5 heteroatoms. The van der Waals surface area contributed by atoms with Crippen LogP contribution in [-0.4, -0.2) is 36.5 Å². The molecule has 0 radical (unpaired) electrons. The van der Waals surface area contributed by atoms with Gasteiger partial charge in [0.2, 0.25) is 0 Å². The largest absolute Gasteiger partial charge is 0.432 e. The Labute approximate surface area is 87.4 Å². The molecule has 1 N–H and O–H groups in total. The lowest BCUT2D eigenvalue weighted by molar-refractivity contribution is -0.811. The highest BCUT2D eigenvalue weighted by atomic mass is 32.2. The molecule has 0 aliphatic rings. The lowest BCUT2D eigenvalue weighted by atomic mass is 10.3. The summed E-state index contributed by atoms with van der Waals surface area (Å²) in [5.74, 6) is 0. The van der Waals surface area contributed by atoms with Gasteiger partial charge in [0.1, 0.15) is 0 Å². The molecule has 86 valence electrons. The third kappa shape index (κ3) is 3.22. The smallest absolute Gasteiger partial charge is 0.241 e. The third-order valence-corrected chi connectivity index (χ3v) is 3.91. The SMILES string of the molecule is CCC[N+](CCC)(CCC)S(=O)(=O)O. The van der Waals surface area contributed by atoms with E-state index in [1.165, 1.54) is 0 Å². The van der Waals surface area contributed by atoms with Crippen molar-refractivity contribution in [2.75, 3.05) is 19.6 Å². The van der Waals surface area contributed by atoms with Gasteiger partial charge < -0.3 is 0 Å². The summed E-state index contributed by atoms with van der Waals surface area (Å²) in [6.07, 6.45) is 2.29. The predicted octanol–water partition coefficient (Wildman–Crippen LogP) is 1.84. The topological polar surface area (TPSA) is 54.4 Å². The van der Waals surface area contributed by atoms with E-state index in [1.54, 1.807) is 0 Å². The quantitative estimate of drug-likeness (QED) is 0.530. The van der Waals surface area contributed by atoms with Gasteiger partial charge in [-0.2, -0.15) is 3.89 Å². The molecule has 14 heavy (non-hydrogen) atoms. The van der Waals surface area contributed by atoms with Crippen molar-refractivity contribution in [1.29, 1.82) is 0 Å². The van der Waals surface area contributed by atoms with Gasteiger partial charge in [-0.1, -0.05) is 20.8 Å². The molecule has 0 bridgehead atoms. The molecule has 4 nitrogen and oxygen atoms in total. The summed E-state index contributed by atoms with van der Waals surface area (Å²) >= 11 is 0. The van der Waals surface area contributed by atoms with E-state index in [-0.39, 0.29) is 3.89 Å². The number of hydrogen-bond donors (Lipinski definition) is 1. The zero-order chi connectivity index (χ0) is 11.2. The molecule has 0 heterocycles. The fourth-order valence-electron chi connectivity index (χ4n) is 1.90. The molecule has 0 amide bonds. The van der Waals surface area contributed by atoms with Gasteiger partial charge in [-0.25, -0.2) is 4.55 Å². The minimum absolute atomic E-state index is 0.170. The minimum Gasteiger partial charge on any atom is -0.241 e. The third-order valence-electron chi connectivity index (χ3n) is 2.38. The van der Waals surface area contributed by atoms with E-state index < -0.39 is 10.3 Å². The monoisotopic (exact) mass is 224 g/mol. The fraction of sp³-hybridized carbons (Fsp3) is 1.00. The first-order valence-corrected chi connectivity index (χ1v) is 6.67. The van der Waals surface area contributed by atoms with E-state index >= 15 is 0 Å². The predicted molar refractivity (Wildman–Crippen MR) is 57.3 cm³/mol. The summed E-state index contributed by atoms with van der Waals surface area (Å²) in [4.78, 5) is 0. The highest BCUT2D eigenvalue weighted by Crippen LogP contribution is 2.17. The molecule has 0 spiro atoms. The van der Waals surface area contributed by atoms with E-state index in [0.29, 0.717) is 19.6 Å². The summed E-state index contributed by atoms with van der Waals surface area (Å²) in [5, 5.41) is 0. The maximum Gasteiger partial charge on any atom is 0.432 e. The van der Waals surface area contributed by atoms with Crippen LogP contribution in [0.25, 0.3) is 0 Å². The van der Waals surface area contributed by atoms with Crippen LogP contribution in [0.15, 0.2) is 0 Å². The Morgan fingerprint density at radius 3 is 1.36 bits per heavy atom. The first-order chi connectivity index (χ1) is 6.43. The van der Waals surface area contributed by atoms with E-state index in [1.807, 2.05) is 20.8 Å². The maximum absolute atomic E-state index is 11.4. The molecule has 0 rings (SSSR count). The van der Waals surface area contributed by atoms with E-state index in [9.17, 15) is 13.0 Å². The number of hydrogen-bond acceptors (Lipinski definition) is 2. The fourth-order valence-corrected chi connectivity index (χ4v) is 3.14. The van der Waals surface area contributed by atoms with Crippen molar-refractivity contribution >= 4 is 10.3 Å². The van der Waals surface area contributed by atoms with Crippen molar-refractivity contribution in [3.8, 4) is 0 Å². The highest BCUT2D eigenvalue weighted by molar-refractivity contribution is 7.80. The lowest BCUT2D eigenvalue weighted by Gasteiger charge is -2.33. The van der Waals surface area contributed by atoms with Crippen LogP contribution < -0.4 is 0 Å². The van der Waals surface area contributed by atoms with E-state index in [2.05, 4.69) is 0 Å². The Balaban J connectivity index is 4.93. The summed E-state index contributed by atoms with van der Waals surface area (Å²) < 4.78 is 31.8. The number of quaternary nitrogens is 1. The molecular formula is C9H22NO3S+. The van der Waals surface area contributed by atoms with Crippen LogP contribution >= 0.6 is 0 Å². The first kappa shape index (κ1) is 13.9. The summed E-state index contributed by atoms with van der Waals surface area (Å²) in [7, 11) is -3.98. The van der Waals surface area contributed by atoms with Gasteiger partial charge in [0.25, 0.3) is 0 Å². The second-order valence-corrected chi connectivity index (χ2v) is 5.35. The Hall–Kier alpha value is -0.130. The van der Waals surface area contributed by atoms with Crippen molar-refractivity contribution in [3.63, 3.8) is 0 Å². The summed E-state index contributed by atoms with van der Waals surface area (Å²) in [6.45, 7) is 7.30. The van der Waals surface area contributed by atoms with Crippen LogP contribution in [-0.2, 0) is 10.3 Å². The van der Waals surface area contributed by atoms with Gasteiger partial charge in [0.05, 0.1) is 19.6 Å². The molecular weight excluding hydrogens is 202 g/mol. The first-order valence-electron chi connectivity index (χ1n) is 5.27. The van der Waals surface area contributed by atoms with Crippen LogP contribution in [0.2, 0.25) is 0 Å². The minimum atomic E-state index is -3.98. The zero-order valence-electron chi connectivity index (χ0n) is 9.36. The molecule has 0 fully saturated rings. The summed E-state index contributed by atoms with van der Waals surface area (Å²) in [5.41, 5.74) is 0. The lowest BCUT2D eigenvalue weighted by Crippen LogP contribution is -2.53. The van der Waals surface area contributed by atoms with Crippen molar-refractivity contribution in [2.24, 2.45) is 0 Å². The van der Waals surface area contributed by atoms with E-state index in [0.717, 1.165) is 19.3 Å². The van der Waals surface area contributed by atoms with Crippen LogP contribution in [0, 0.1) is 0 Å². The Morgan fingerprint density at radius 2 is 1.21 bits per heavy atom. The van der Waals surface area contributed by atoms with Crippen molar-refractivity contribution < 1.29 is 16.9 Å². The summed E-state index contributed by atoms with van der Waals surface area (Å²) in [6, 6.07) is 0. The number of rotatable bonds is 7. The molecule has 0 unspecified atom stereocenters. The molecule has 0 aliphatic carbocycles. The molecule has 0 atom stereocenters. The van der Waals surface area contributed by atoms with E-state index in [4.69, 9.17) is 0 Å². The second-order valence-electron chi connectivity index (χ2n) is 3.68. The second kappa shape index (κ2) is 5.68. The van der Waals surface area contributed by atoms with Crippen LogP contribution in [0.3, 0.4) is 0 Å². The van der Waals surface area contributed by atoms with Crippen LogP contribution in [0.1, 0.15) is 40.0 Å². The van der Waals surface area contributed by atoms with Crippen LogP contribution in [0.4, 0.5) is 0 Å². The van der Waals surface area contributed by atoms with Gasteiger partial charge in [0, 0.05) is 0 Å². The molecule has 0 saturated carbocycles. The van der Waals surface area contributed by atoms with Crippen molar-refractivity contribution in [3.05, 3.63) is 0 Å². The molecule has 0 aromatic carbocycles. The molecule has 0 saturated heterocycles. The van der Waals surface area contributed by atoms with Crippen molar-refractivity contribution in [1.82, 2.24) is 0 Å². The van der Waals surface area contributed by atoms with Gasteiger partial charge >= 0.3 is 10.3 Å². The number of nitrogens with zero attached hydrogens (tertiary/aromatic N) is 1. The average Bonchev–Trinajstić information content (AvgIpc) is 2.03. The van der Waals surface area contributed by atoms with Gasteiger partial charge in [-0.05, 0) is 19.3 Å². The molecule has 0 aliphatic heterocycles. The Bertz CT molecular complexity index is 232. The maximum atomic E-state index is 11.4. The molecule has 0 aromatic heterocycles. The zero-order valence-corrected chi connectivity index (χ0v) is 10.2. The van der Waals surface area contributed by atoms with Gasteiger partial charge in [-0.3, -0.25) is 0 Å².